The summed E-state index contributed by atoms with van der Waals surface area (Å²) in [6.45, 7) is 0.525. The number of methoxy groups -OCH3 is 2. The van der Waals surface area contributed by atoms with Crippen LogP contribution in [0.1, 0.15) is 11.7 Å². The average molecular weight is 225 g/mol. The van der Waals surface area contributed by atoms with Gasteiger partial charge in [-0.2, -0.15) is 0 Å². The largest absolute Gasteiger partial charge is 0.496 e. The molecule has 1 unspecified atom stereocenters. The van der Waals surface area contributed by atoms with Crippen LogP contribution in [0, 0.1) is 0 Å². The minimum atomic E-state index is -0.624. The van der Waals surface area contributed by atoms with Crippen LogP contribution in [-0.4, -0.2) is 44.9 Å². The minimum absolute atomic E-state index is 0.525. The Morgan fingerprint density at radius 3 is 2.06 bits per heavy atom. The van der Waals surface area contributed by atoms with Gasteiger partial charge in [-0.05, 0) is 26.2 Å². The van der Waals surface area contributed by atoms with Gasteiger partial charge in [-0.25, -0.2) is 0 Å². The zero-order valence-electron chi connectivity index (χ0n) is 10.2. The van der Waals surface area contributed by atoms with E-state index in [1.807, 2.05) is 37.2 Å². The second-order valence-electron chi connectivity index (χ2n) is 3.85. The van der Waals surface area contributed by atoms with Crippen LogP contribution in [0.15, 0.2) is 18.2 Å². The molecular weight excluding hydrogens is 206 g/mol. The lowest BCUT2D eigenvalue weighted by Crippen LogP contribution is -2.20. The topological polar surface area (TPSA) is 41.9 Å². The molecule has 0 spiro atoms. The van der Waals surface area contributed by atoms with Crippen molar-refractivity contribution in [1.29, 1.82) is 0 Å². The first kappa shape index (κ1) is 12.8. The van der Waals surface area contributed by atoms with Crippen molar-refractivity contribution in [3.8, 4) is 11.5 Å². The smallest absolute Gasteiger partial charge is 0.128 e. The fourth-order valence-electron chi connectivity index (χ4n) is 1.65. The van der Waals surface area contributed by atoms with Crippen molar-refractivity contribution >= 4 is 0 Å². The molecule has 0 aliphatic carbocycles. The van der Waals surface area contributed by atoms with Crippen LogP contribution in [0.2, 0.25) is 0 Å². The number of hydrogen-bond acceptors (Lipinski definition) is 4. The van der Waals surface area contributed by atoms with Gasteiger partial charge in [0.1, 0.15) is 11.5 Å². The molecule has 0 bridgehead atoms. The predicted octanol–water partition coefficient (Wildman–Crippen LogP) is 1.30. The van der Waals surface area contributed by atoms with Crippen molar-refractivity contribution in [3.05, 3.63) is 23.8 Å². The maximum absolute atomic E-state index is 10.1. The fraction of sp³-hybridized carbons (Fsp3) is 0.500. The zero-order chi connectivity index (χ0) is 12.1. The molecule has 0 amide bonds. The molecule has 0 fully saturated rings. The van der Waals surface area contributed by atoms with Gasteiger partial charge in [-0.15, -0.1) is 0 Å². The summed E-state index contributed by atoms with van der Waals surface area (Å²) in [6.07, 6.45) is -0.624. The molecule has 16 heavy (non-hydrogen) atoms. The Hall–Kier alpha value is -1.26. The molecular formula is C12H19NO3. The molecule has 1 aromatic carbocycles. The van der Waals surface area contributed by atoms with Crippen molar-refractivity contribution in [3.63, 3.8) is 0 Å². The van der Waals surface area contributed by atoms with E-state index in [2.05, 4.69) is 0 Å². The second-order valence-corrected chi connectivity index (χ2v) is 3.85. The lowest BCUT2D eigenvalue weighted by atomic mass is 10.1. The molecule has 0 aliphatic rings. The van der Waals surface area contributed by atoms with E-state index < -0.39 is 6.10 Å². The average Bonchev–Trinajstić information content (AvgIpc) is 2.26. The summed E-state index contributed by atoms with van der Waals surface area (Å²) in [5.41, 5.74) is 0.696. The summed E-state index contributed by atoms with van der Waals surface area (Å²) < 4.78 is 10.5. The SMILES string of the molecule is COc1cccc(OC)c1C(O)CN(C)C. The Bertz CT molecular complexity index is 317. The van der Waals surface area contributed by atoms with Gasteiger partial charge in [-0.1, -0.05) is 6.07 Å². The first-order chi connectivity index (χ1) is 7.60. The molecule has 0 radical (unpaired) electrons. The molecule has 0 heterocycles. The monoisotopic (exact) mass is 225 g/mol. The Morgan fingerprint density at radius 1 is 1.19 bits per heavy atom. The first-order valence-electron chi connectivity index (χ1n) is 5.13. The van der Waals surface area contributed by atoms with Crippen LogP contribution in [0.3, 0.4) is 0 Å². The maximum atomic E-state index is 10.1. The number of aliphatic hydroxyl groups excluding tert-OH is 1. The maximum Gasteiger partial charge on any atom is 0.128 e. The van der Waals surface area contributed by atoms with E-state index in [1.165, 1.54) is 0 Å². The van der Waals surface area contributed by atoms with Gasteiger partial charge in [0.2, 0.25) is 0 Å². The van der Waals surface area contributed by atoms with Crippen molar-refractivity contribution in [2.75, 3.05) is 34.9 Å². The summed E-state index contributed by atoms with van der Waals surface area (Å²) >= 11 is 0. The molecule has 0 aliphatic heterocycles. The van der Waals surface area contributed by atoms with E-state index in [0.717, 1.165) is 0 Å². The number of hydrogen-bond donors (Lipinski definition) is 1. The van der Waals surface area contributed by atoms with E-state index in [0.29, 0.717) is 23.6 Å². The number of rotatable bonds is 5. The third-order valence-electron chi connectivity index (χ3n) is 2.34. The van der Waals surface area contributed by atoms with Gasteiger partial charge in [0, 0.05) is 6.54 Å². The quantitative estimate of drug-likeness (QED) is 0.820. The minimum Gasteiger partial charge on any atom is -0.496 e. The molecule has 1 rings (SSSR count). The van der Waals surface area contributed by atoms with Crippen molar-refractivity contribution in [2.45, 2.75) is 6.10 Å². The number of benzene rings is 1. The first-order valence-corrected chi connectivity index (χ1v) is 5.13. The predicted molar refractivity (Wildman–Crippen MR) is 63.1 cm³/mol. The summed E-state index contributed by atoms with van der Waals surface area (Å²) in [6, 6.07) is 5.47. The third-order valence-corrected chi connectivity index (χ3v) is 2.34. The van der Waals surface area contributed by atoms with Gasteiger partial charge in [-0.3, -0.25) is 0 Å². The fourth-order valence-corrected chi connectivity index (χ4v) is 1.65. The van der Waals surface area contributed by atoms with Gasteiger partial charge in [0.25, 0.3) is 0 Å². The normalized spacial score (nSPS) is 12.6. The molecule has 90 valence electrons. The molecule has 0 saturated carbocycles. The number of likely N-dealkylation sites (N-methyl/N-ethyl adjacent to an activating group) is 1. The van der Waals surface area contributed by atoms with Crippen LogP contribution in [0.4, 0.5) is 0 Å². The second kappa shape index (κ2) is 5.72. The number of nitrogens with zero attached hydrogens (tertiary/aromatic N) is 1. The zero-order valence-corrected chi connectivity index (χ0v) is 10.2. The number of aliphatic hydroxyl groups is 1. The summed E-state index contributed by atoms with van der Waals surface area (Å²) in [5.74, 6) is 1.29. The van der Waals surface area contributed by atoms with E-state index in [9.17, 15) is 5.11 Å². The van der Waals surface area contributed by atoms with E-state index in [1.54, 1.807) is 14.2 Å². The van der Waals surface area contributed by atoms with Crippen LogP contribution in [0.5, 0.6) is 11.5 Å². The summed E-state index contributed by atoms with van der Waals surface area (Å²) in [7, 11) is 6.98. The Morgan fingerprint density at radius 2 is 1.69 bits per heavy atom. The van der Waals surface area contributed by atoms with E-state index >= 15 is 0 Å². The highest BCUT2D eigenvalue weighted by molar-refractivity contribution is 5.46. The summed E-state index contributed by atoms with van der Waals surface area (Å²) in [4.78, 5) is 1.91. The van der Waals surface area contributed by atoms with Gasteiger partial charge in [0.05, 0.1) is 25.9 Å². The highest BCUT2D eigenvalue weighted by atomic mass is 16.5. The van der Waals surface area contributed by atoms with Crippen molar-refractivity contribution in [2.24, 2.45) is 0 Å². The Balaban J connectivity index is 3.07. The third kappa shape index (κ3) is 2.87. The van der Waals surface area contributed by atoms with E-state index in [-0.39, 0.29) is 0 Å². The van der Waals surface area contributed by atoms with Crippen molar-refractivity contribution in [1.82, 2.24) is 4.90 Å². The van der Waals surface area contributed by atoms with Gasteiger partial charge >= 0.3 is 0 Å². The van der Waals surface area contributed by atoms with Gasteiger partial charge < -0.3 is 19.5 Å². The van der Waals surface area contributed by atoms with Gasteiger partial charge in [0.15, 0.2) is 0 Å². The molecule has 0 saturated heterocycles. The van der Waals surface area contributed by atoms with E-state index in [4.69, 9.17) is 9.47 Å². The molecule has 4 heteroatoms. The molecule has 0 aromatic heterocycles. The molecule has 1 atom stereocenters. The van der Waals surface area contributed by atoms with Crippen LogP contribution < -0.4 is 9.47 Å². The lowest BCUT2D eigenvalue weighted by molar-refractivity contribution is 0.132. The lowest BCUT2D eigenvalue weighted by Gasteiger charge is -2.20. The standard InChI is InChI=1S/C12H19NO3/c1-13(2)8-9(14)12-10(15-3)6-5-7-11(12)16-4/h5-7,9,14H,8H2,1-4H3. The molecule has 1 aromatic rings. The van der Waals surface area contributed by atoms with Crippen LogP contribution in [0.25, 0.3) is 0 Å². The Labute approximate surface area is 96.4 Å². The summed E-state index contributed by atoms with van der Waals surface area (Å²) in [5, 5.41) is 10.1. The molecule has 4 nitrogen and oxygen atoms in total. The van der Waals surface area contributed by atoms with Crippen LogP contribution in [-0.2, 0) is 0 Å². The molecule has 1 N–H and O–H groups in total. The highest BCUT2D eigenvalue weighted by Gasteiger charge is 2.18. The van der Waals surface area contributed by atoms with Crippen molar-refractivity contribution < 1.29 is 14.6 Å². The Kier molecular flexibility index (Phi) is 4.58. The number of ether oxygens (including phenoxy) is 2. The highest BCUT2D eigenvalue weighted by Crippen LogP contribution is 2.33. The van der Waals surface area contributed by atoms with Crippen LogP contribution >= 0.6 is 0 Å².